The van der Waals surface area contributed by atoms with Gasteiger partial charge in [-0.1, -0.05) is 95.2 Å². The number of nitrogens with zero attached hydrogens (tertiary/aromatic N) is 3. The second-order valence-electron chi connectivity index (χ2n) is 13.8. The average Bonchev–Trinajstić information content (AvgIpc) is 3.67. The number of nitrogens with two attached hydrogens (primary N) is 1. The molecule has 4 atom stereocenters. The predicted molar refractivity (Wildman–Crippen MR) is 207 cm³/mol. The fourth-order valence-electron chi connectivity index (χ4n) is 6.64. The van der Waals surface area contributed by atoms with Gasteiger partial charge in [0.15, 0.2) is 11.2 Å². The number of unbranched alkanes of at least 4 members (excludes halogenated alkanes) is 11. The third-order valence-corrected chi connectivity index (χ3v) is 11.6. The first-order valence-electron chi connectivity index (χ1n) is 19.2. The van der Waals surface area contributed by atoms with Crippen molar-refractivity contribution in [3.63, 3.8) is 0 Å². The zero-order valence-corrected chi connectivity index (χ0v) is 31.7. The van der Waals surface area contributed by atoms with Gasteiger partial charge in [-0.15, -0.1) is 0 Å². The molecule has 1 aromatic carbocycles. The van der Waals surface area contributed by atoms with Gasteiger partial charge in [-0.2, -0.15) is 4.98 Å². The molecule has 0 bridgehead atoms. The Morgan fingerprint density at radius 2 is 1.73 bits per heavy atom. The van der Waals surface area contributed by atoms with Crippen LogP contribution in [0.2, 0.25) is 0 Å². The molecule has 0 spiro atoms. The number of nitrogens with one attached hydrogen (secondary N) is 2. The highest BCUT2D eigenvalue weighted by Gasteiger charge is 2.40. The Bertz CT molecular complexity index is 1670. The molecule has 2 heterocycles. The van der Waals surface area contributed by atoms with Crippen LogP contribution in [-0.2, 0) is 13.9 Å². The van der Waals surface area contributed by atoms with Crippen molar-refractivity contribution in [1.29, 1.82) is 0 Å². The summed E-state index contributed by atoms with van der Waals surface area (Å²) < 4.78 is 27.6. The lowest BCUT2D eigenvalue weighted by atomic mass is 10.0. The molecular formula is C39H59N6O6P. The molecule has 1 fully saturated rings. The minimum Gasteiger partial charge on any atom is -0.424 e. The average molecular weight is 739 g/mol. The maximum absolute atomic E-state index is 14.0. The number of anilines is 1. The maximum atomic E-state index is 14.0. The van der Waals surface area contributed by atoms with E-state index in [9.17, 15) is 19.3 Å². The minimum atomic E-state index is -3.69. The lowest BCUT2D eigenvalue weighted by Crippen LogP contribution is -2.25. The summed E-state index contributed by atoms with van der Waals surface area (Å²) in [6.07, 6.45) is 22.2. The molecule has 5 N–H and O–H groups in total. The lowest BCUT2D eigenvalue weighted by Gasteiger charge is -2.23. The maximum Gasteiger partial charge on any atom is 0.379 e. The number of para-hydroxylation sites is 1. The smallest absolute Gasteiger partial charge is 0.379 e. The molecule has 1 amide bonds. The van der Waals surface area contributed by atoms with Gasteiger partial charge in [-0.3, -0.25) is 19.1 Å². The number of imidazole rings is 1. The van der Waals surface area contributed by atoms with E-state index in [0.717, 1.165) is 25.7 Å². The Kier molecular flexibility index (Phi) is 17.1. The van der Waals surface area contributed by atoms with E-state index in [0.29, 0.717) is 36.4 Å². The Labute approximate surface area is 308 Å². The Hall–Kier alpha value is -3.73. The highest BCUT2D eigenvalue weighted by molar-refractivity contribution is 7.54. The van der Waals surface area contributed by atoms with Crippen LogP contribution in [-0.4, -0.2) is 56.0 Å². The molecule has 4 rings (SSSR count). The summed E-state index contributed by atoms with van der Waals surface area (Å²) in [5.74, 6) is -0.206. The van der Waals surface area contributed by atoms with Gasteiger partial charge in [0.2, 0.25) is 11.9 Å². The number of carbonyl (C=O) groups is 1. The van der Waals surface area contributed by atoms with E-state index in [4.69, 9.17) is 14.8 Å². The van der Waals surface area contributed by atoms with Crippen LogP contribution in [0.4, 0.5) is 5.95 Å². The second kappa shape index (κ2) is 21.7. The van der Waals surface area contributed by atoms with Crippen molar-refractivity contribution in [3.05, 3.63) is 71.3 Å². The Balaban J connectivity index is 1.16. The Morgan fingerprint density at radius 1 is 1.06 bits per heavy atom. The summed E-state index contributed by atoms with van der Waals surface area (Å²) in [6.45, 7) is 6.72. The second-order valence-corrected chi connectivity index (χ2v) is 16.0. The van der Waals surface area contributed by atoms with E-state index in [1.807, 2.05) is 6.07 Å². The van der Waals surface area contributed by atoms with Crippen molar-refractivity contribution in [2.75, 3.05) is 25.0 Å². The van der Waals surface area contributed by atoms with Gasteiger partial charge in [0.25, 0.3) is 5.56 Å². The first-order chi connectivity index (χ1) is 25.2. The number of nitrogen functional groups attached to an aromatic ring is 1. The third kappa shape index (κ3) is 13.0. The zero-order chi connectivity index (χ0) is 37.2. The van der Waals surface area contributed by atoms with E-state index in [1.54, 1.807) is 28.8 Å². The summed E-state index contributed by atoms with van der Waals surface area (Å²) >= 11 is 0. The number of allylic oxidation sites excluding steroid dienone is 2. The SMILES string of the molecule is C=C1C(n2cnc3c(=O)[nH]c(N)nc32)C[C@H](O)[C@H]1COP(=O)(CCCNC(=O)CCCCCCC/C=C\CCCCCCCC)Oc1ccccc1. The number of benzene rings is 1. The molecule has 1 saturated carbocycles. The first kappa shape index (κ1) is 41.0. The molecule has 0 radical (unpaired) electrons. The number of carbonyl (C=O) groups excluding carboxylic acids is 1. The first-order valence-corrected chi connectivity index (χ1v) is 20.9. The highest BCUT2D eigenvalue weighted by atomic mass is 31.2. The normalized spacial score (nSPS) is 18.7. The third-order valence-electron chi connectivity index (χ3n) is 9.65. The Morgan fingerprint density at radius 3 is 2.44 bits per heavy atom. The lowest BCUT2D eigenvalue weighted by molar-refractivity contribution is -0.121. The minimum absolute atomic E-state index is 0.0148. The molecule has 13 heteroatoms. The number of rotatable bonds is 25. The fraction of sp³-hybridized carbons (Fsp3) is 0.590. The molecule has 0 aliphatic heterocycles. The van der Waals surface area contributed by atoms with Crippen LogP contribution in [0.25, 0.3) is 11.2 Å². The number of fused-ring (bicyclic) bond motifs is 1. The van der Waals surface area contributed by atoms with Crippen LogP contribution in [0, 0.1) is 5.92 Å². The van der Waals surface area contributed by atoms with Crippen molar-refractivity contribution < 1.29 is 23.5 Å². The molecule has 52 heavy (non-hydrogen) atoms. The predicted octanol–water partition coefficient (Wildman–Crippen LogP) is 8.01. The molecule has 3 aromatic rings. The quantitative estimate of drug-likeness (QED) is 0.0381. The van der Waals surface area contributed by atoms with Crippen LogP contribution >= 0.6 is 7.60 Å². The van der Waals surface area contributed by atoms with Gasteiger partial charge in [0.1, 0.15) is 5.75 Å². The number of aliphatic hydroxyl groups is 1. The van der Waals surface area contributed by atoms with Crippen LogP contribution in [0.1, 0.15) is 116 Å². The van der Waals surface area contributed by atoms with Crippen molar-refractivity contribution in [3.8, 4) is 5.75 Å². The molecule has 2 aromatic heterocycles. The molecular weight excluding hydrogens is 679 g/mol. The number of amides is 1. The molecule has 12 nitrogen and oxygen atoms in total. The number of aromatic nitrogens is 4. The zero-order valence-electron chi connectivity index (χ0n) is 30.8. The monoisotopic (exact) mass is 738 g/mol. The van der Waals surface area contributed by atoms with E-state index in [-0.39, 0.29) is 36.6 Å². The van der Waals surface area contributed by atoms with E-state index in [1.165, 1.54) is 64.1 Å². The van der Waals surface area contributed by atoms with E-state index in [2.05, 4.69) is 45.9 Å². The van der Waals surface area contributed by atoms with E-state index < -0.39 is 31.2 Å². The van der Waals surface area contributed by atoms with Crippen molar-refractivity contribution >= 4 is 30.6 Å². The number of aliphatic hydroxyl groups excluding tert-OH is 1. The van der Waals surface area contributed by atoms with Crippen molar-refractivity contribution in [2.24, 2.45) is 5.92 Å². The van der Waals surface area contributed by atoms with Gasteiger partial charge < -0.3 is 25.2 Å². The van der Waals surface area contributed by atoms with Crippen molar-refractivity contribution in [2.45, 2.75) is 122 Å². The fourth-order valence-corrected chi connectivity index (χ4v) is 8.29. The summed E-state index contributed by atoms with van der Waals surface area (Å²) in [5, 5.41) is 13.9. The highest BCUT2D eigenvalue weighted by Crippen LogP contribution is 2.51. The largest absolute Gasteiger partial charge is 0.424 e. The van der Waals surface area contributed by atoms with Crippen LogP contribution in [0.15, 0.2) is 65.8 Å². The summed E-state index contributed by atoms with van der Waals surface area (Å²) in [7, 11) is -3.69. The van der Waals surface area contributed by atoms with Crippen LogP contribution in [0.5, 0.6) is 5.75 Å². The molecule has 0 saturated heterocycles. The van der Waals surface area contributed by atoms with Crippen LogP contribution in [0.3, 0.4) is 0 Å². The number of H-pyrrole nitrogens is 1. The molecule has 1 aliphatic rings. The summed E-state index contributed by atoms with van der Waals surface area (Å²) in [5.41, 5.74) is 6.36. The van der Waals surface area contributed by atoms with Gasteiger partial charge in [0.05, 0.1) is 31.2 Å². The standard InChI is InChI=1S/C39H59N6O6P/c1-3-4-5-6-7-8-9-10-11-12-13-14-15-16-20-24-35(47)41-25-21-26-52(49,51-31-22-18-17-19-23-31)50-28-32-30(2)33(27-34(32)46)45-29-42-36-37(45)43-39(40)44-38(36)48/h10-11,17-19,22-23,29,32-34,46H,2-9,12-16,20-21,24-28H2,1H3,(H,41,47)(H3,40,43,44,48)/b11-10-/t32-,33?,34-,52?/m0/s1. The summed E-state index contributed by atoms with van der Waals surface area (Å²) in [4.78, 5) is 35.6. The summed E-state index contributed by atoms with van der Waals surface area (Å²) in [6, 6.07) is 8.38. The van der Waals surface area contributed by atoms with Gasteiger partial charge in [0, 0.05) is 18.9 Å². The van der Waals surface area contributed by atoms with Crippen LogP contribution < -0.4 is 21.1 Å². The number of aromatic amines is 1. The van der Waals surface area contributed by atoms with E-state index >= 15 is 0 Å². The molecule has 286 valence electrons. The topological polar surface area (TPSA) is 174 Å². The molecule has 1 aliphatic carbocycles. The number of hydrogen-bond donors (Lipinski definition) is 4. The van der Waals surface area contributed by atoms with Gasteiger partial charge in [-0.25, -0.2) is 9.55 Å². The van der Waals surface area contributed by atoms with Gasteiger partial charge in [-0.05, 0) is 62.7 Å². The van der Waals surface area contributed by atoms with Gasteiger partial charge >= 0.3 is 7.60 Å². The van der Waals surface area contributed by atoms with Crippen molar-refractivity contribution in [1.82, 2.24) is 24.8 Å². The number of hydrogen-bond acceptors (Lipinski definition) is 9. The molecule has 2 unspecified atom stereocenters.